The van der Waals surface area contributed by atoms with Gasteiger partial charge in [-0.25, -0.2) is 9.18 Å². The van der Waals surface area contributed by atoms with Crippen LogP contribution in [0.1, 0.15) is 17.9 Å². The molecule has 2 aliphatic heterocycles. The zero-order chi connectivity index (χ0) is 18.4. The second-order valence-corrected chi connectivity index (χ2v) is 6.91. The summed E-state index contributed by atoms with van der Waals surface area (Å²) in [5, 5.41) is 0.839. The molecule has 1 amide bonds. The number of cyclic esters (lactones) is 1. The third-order valence-electron chi connectivity index (χ3n) is 4.52. The smallest absolute Gasteiger partial charge is 0.336 e. The zero-order valence-corrected chi connectivity index (χ0v) is 14.9. The topological polar surface area (TPSA) is 46.6 Å². The number of ether oxygens (including phenoxy) is 1. The molecule has 132 valence electrons. The number of nitrogens with zero attached hydrogens (tertiary/aromatic N) is 1. The predicted octanol–water partition coefficient (Wildman–Crippen LogP) is 4.46. The van der Waals surface area contributed by atoms with E-state index in [-0.39, 0.29) is 18.9 Å². The molecule has 2 heterocycles. The minimum absolute atomic E-state index is 0.0196. The van der Waals surface area contributed by atoms with E-state index in [0.717, 1.165) is 0 Å². The molecule has 1 unspecified atom stereocenters. The van der Waals surface area contributed by atoms with Crippen molar-refractivity contribution in [2.24, 2.45) is 0 Å². The van der Waals surface area contributed by atoms with E-state index < -0.39 is 17.7 Å². The van der Waals surface area contributed by atoms with Crippen LogP contribution in [0.5, 0.6) is 0 Å². The second kappa shape index (κ2) is 6.41. The first-order valence-electron chi connectivity index (χ1n) is 7.89. The number of esters is 1. The number of carbonyl (C=O) groups is 2. The lowest BCUT2D eigenvalue weighted by atomic mass is 9.84. The highest BCUT2D eigenvalue weighted by Crippen LogP contribution is 2.44. The maximum Gasteiger partial charge on any atom is 0.336 e. The summed E-state index contributed by atoms with van der Waals surface area (Å²) in [7, 11) is 0. The Balaban J connectivity index is 1.85. The number of halogens is 3. The molecule has 0 aliphatic carbocycles. The lowest BCUT2D eigenvalue weighted by molar-refractivity contribution is -0.136. The number of rotatable bonds is 2. The summed E-state index contributed by atoms with van der Waals surface area (Å²) < 4.78 is 18.8. The van der Waals surface area contributed by atoms with Gasteiger partial charge in [0.2, 0.25) is 5.91 Å². The van der Waals surface area contributed by atoms with E-state index in [9.17, 15) is 14.0 Å². The fourth-order valence-electron chi connectivity index (χ4n) is 3.42. The van der Waals surface area contributed by atoms with Crippen LogP contribution in [-0.2, 0) is 14.3 Å². The van der Waals surface area contributed by atoms with Gasteiger partial charge in [-0.15, -0.1) is 0 Å². The van der Waals surface area contributed by atoms with Crippen molar-refractivity contribution < 1.29 is 18.7 Å². The van der Waals surface area contributed by atoms with Gasteiger partial charge >= 0.3 is 5.97 Å². The van der Waals surface area contributed by atoms with Gasteiger partial charge in [0.15, 0.2) is 0 Å². The Kier molecular flexibility index (Phi) is 4.21. The SMILES string of the molecule is O=C1OCC2=C1C(c1ccc(Cl)cc1Cl)CC(=O)N2c1cccc(F)c1. The summed E-state index contributed by atoms with van der Waals surface area (Å²) in [4.78, 5) is 26.6. The van der Waals surface area contributed by atoms with Crippen molar-refractivity contribution in [1.82, 2.24) is 0 Å². The van der Waals surface area contributed by atoms with Crippen LogP contribution in [0.3, 0.4) is 0 Å². The Morgan fingerprint density at radius 2 is 1.92 bits per heavy atom. The average molecular weight is 392 g/mol. The van der Waals surface area contributed by atoms with Crippen LogP contribution < -0.4 is 4.90 Å². The molecule has 4 nitrogen and oxygen atoms in total. The molecule has 0 aromatic heterocycles. The fourth-order valence-corrected chi connectivity index (χ4v) is 3.96. The molecule has 1 atom stereocenters. The summed E-state index contributed by atoms with van der Waals surface area (Å²) in [5.74, 6) is -1.75. The van der Waals surface area contributed by atoms with Gasteiger partial charge in [0, 0.05) is 22.4 Å². The van der Waals surface area contributed by atoms with E-state index >= 15 is 0 Å². The molecule has 2 aromatic rings. The molecular weight excluding hydrogens is 380 g/mol. The molecule has 0 N–H and O–H groups in total. The van der Waals surface area contributed by atoms with E-state index in [2.05, 4.69) is 0 Å². The summed E-state index contributed by atoms with van der Waals surface area (Å²) >= 11 is 12.2. The maximum atomic E-state index is 13.6. The number of carbonyl (C=O) groups excluding carboxylic acids is 2. The highest BCUT2D eigenvalue weighted by molar-refractivity contribution is 6.35. The molecule has 7 heteroatoms. The summed E-state index contributed by atoms with van der Waals surface area (Å²) in [6.45, 7) is -0.0435. The third kappa shape index (κ3) is 2.77. The summed E-state index contributed by atoms with van der Waals surface area (Å²) in [6.07, 6.45) is 0.0196. The van der Waals surface area contributed by atoms with Crippen LogP contribution in [0.15, 0.2) is 53.7 Å². The number of anilines is 1. The van der Waals surface area contributed by atoms with E-state index in [1.165, 1.54) is 23.1 Å². The predicted molar refractivity (Wildman–Crippen MR) is 95.7 cm³/mol. The molecule has 0 bridgehead atoms. The Bertz CT molecular complexity index is 973. The molecule has 0 spiro atoms. The van der Waals surface area contributed by atoms with Crippen molar-refractivity contribution in [2.75, 3.05) is 11.5 Å². The molecule has 2 aromatic carbocycles. The number of hydrogen-bond acceptors (Lipinski definition) is 3. The Morgan fingerprint density at radius 3 is 2.65 bits per heavy atom. The van der Waals surface area contributed by atoms with Crippen molar-refractivity contribution in [2.45, 2.75) is 12.3 Å². The first kappa shape index (κ1) is 17.1. The Morgan fingerprint density at radius 1 is 1.12 bits per heavy atom. The van der Waals surface area contributed by atoms with E-state index in [1.807, 2.05) is 0 Å². The van der Waals surface area contributed by atoms with Crippen LogP contribution in [0.2, 0.25) is 10.0 Å². The second-order valence-electron chi connectivity index (χ2n) is 6.07. The normalized spacial score (nSPS) is 19.7. The minimum Gasteiger partial charge on any atom is -0.456 e. The monoisotopic (exact) mass is 391 g/mol. The van der Waals surface area contributed by atoms with Gasteiger partial charge in [-0.05, 0) is 35.9 Å². The van der Waals surface area contributed by atoms with Gasteiger partial charge in [0.25, 0.3) is 0 Å². The molecular formula is C19H12Cl2FNO3. The van der Waals surface area contributed by atoms with Crippen LogP contribution >= 0.6 is 23.2 Å². The summed E-state index contributed by atoms with van der Waals surface area (Å²) in [6, 6.07) is 10.6. The average Bonchev–Trinajstić information content (AvgIpc) is 2.96. The molecule has 0 radical (unpaired) electrons. The van der Waals surface area contributed by atoms with Gasteiger partial charge < -0.3 is 4.74 Å². The van der Waals surface area contributed by atoms with Crippen LogP contribution in [0.4, 0.5) is 10.1 Å². The first-order valence-corrected chi connectivity index (χ1v) is 8.65. The standard InChI is InChI=1S/C19H12Cl2FNO3/c20-10-4-5-13(15(21)6-10)14-8-17(24)23(12-3-1-2-11(22)7-12)16-9-26-19(25)18(14)16/h1-7,14H,8-9H2. The molecule has 0 fully saturated rings. The first-order chi connectivity index (χ1) is 12.5. The lowest BCUT2D eigenvalue weighted by Gasteiger charge is -2.32. The van der Waals surface area contributed by atoms with E-state index in [4.69, 9.17) is 27.9 Å². The largest absolute Gasteiger partial charge is 0.456 e. The molecule has 4 rings (SSSR count). The molecule has 0 saturated heterocycles. The molecule has 0 saturated carbocycles. The van der Waals surface area contributed by atoms with Crippen molar-refractivity contribution in [3.63, 3.8) is 0 Å². The number of hydrogen-bond donors (Lipinski definition) is 0. The molecule has 2 aliphatic rings. The maximum absolute atomic E-state index is 13.6. The van der Waals surface area contributed by atoms with Gasteiger partial charge in [-0.1, -0.05) is 35.3 Å². The summed E-state index contributed by atoms with van der Waals surface area (Å²) in [5.41, 5.74) is 1.79. The highest BCUT2D eigenvalue weighted by Gasteiger charge is 2.43. The van der Waals surface area contributed by atoms with Gasteiger partial charge in [0.05, 0.1) is 17.0 Å². The van der Waals surface area contributed by atoms with E-state index in [1.54, 1.807) is 24.3 Å². The van der Waals surface area contributed by atoms with Crippen LogP contribution in [0, 0.1) is 5.82 Å². The zero-order valence-electron chi connectivity index (χ0n) is 13.3. The van der Waals surface area contributed by atoms with Gasteiger partial charge in [0.1, 0.15) is 12.4 Å². The minimum atomic E-state index is -0.526. The van der Waals surface area contributed by atoms with Crippen molar-refractivity contribution in [3.05, 3.63) is 75.2 Å². The Hall–Kier alpha value is -2.37. The van der Waals surface area contributed by atoms with Crippen molar-refractivity contribution in [1.29, 1.82) is 0 Å². The van der Waals surface area contributed by atoms with Crippen molar-refractivity contribution in [3.8, 4) is 0 Å². The van der Waals surface area contributed by atoms with E-state index in [0.29, 0.717) is 32.6 Å². The van der Waals surface area contributed by atoms with Crippen LogP contribution in [-0.4, -0.2) is 18.5 Å². The quantitative estimate of drug-likeness (QED) is 0.709. The Labute approximate surface area is 158 Å². The van der Waals surface area contributed by atoms with Crippen LogP contribution in [0.25, 0.3) is 0 Å². The third-order valence-corrected chi connectivity index (χ3v) is 5.08. The molecule has 26 heavy (non-hydrogen) atoms. The van der Waals surface area contributed by atoms with Gasteiger partial charge in [-0.2, -0.15) is 0 Å². The fraction of sp³-hybridized carbons (Fsp3) is 0.158. The van der Waals surface area contributed by atoms with Crippen molar-refractivity contribution >= 4 is 40.8 Å². The highest BCUT2D eigenvalue weighted by atomic mass is 35.5. The number of benzene rings is 2. The van der Waals surface area contributed by atoms with Gasteiger partial charge in [-0.3, -0.25) is 9.69 Å². The number of amides is 1. The lowest BCUT2D eigenvalue weighted by Crippen LogP contribution is -2.37.